The van der Waals surface area contributed by atoms with Crippen LogP contribution in [0, 0.1) is 0 Å². The van der Waals surface area contributed by atoms with Crippen molar-refractivity contribution in [2.75, 3.05) is 6.61 Å². The second-order valence-corrected chi connectivity index (χ2v) is 5.46. The van der Waals surface area contributed by atoms with Gasteiger partial charge in [0.15, 0.2) is 0 Å². The Labute approximate surface area is 112 Å². The molecule has 0 aromatic heterocycles. The maximum absolute atomic E-state index is 9.47. The number of nitrogens with one attached hydrogen (secondary N) is 1. The first-order valence-corrected chi connectivity index (χ1v) is 6.77. The van der Waals surface area contributed by atoms with Crippen molar-refractivity contribution in [1.82, 2.24) is 5.32 Å². The van der Waals surface area contributed by atoms with E-state index in [1.807, 2.05) is 12.1 Å². The van der Waals surface area contributed by atoms with E-state index in [0.717, 1.165) is 5.56 Å². The molecule has 0 saturated heterocycles. The van der Waals surface area contributed by atoms with E-state index in [2.05, 4.69) is 5.32 Å². The number of aliphatic hydroxyl groups excluding tert-OH is 1. The summed E-state index contributed by atoms with van der Waals surface area (Å²) < 4.78 is 0. The number of hydrogen-bond acceptors (Lipinski definition) is 2. The van der Waals surface area contributed by atoms with Crippen molar-refractivity contribution in [2.24, 2.45) is 0 Å². The van der Waals surface area contributed by atoms with E-state index < -0.39 is 0 Å². The van der Waals surface area contributed by atoms with E-state index in [-0.39, 0.29) is 12.6 Å². The monoisotopic (exact) mass is 273 g/mol. The molecule has 1 saturated carbocycles. The van der Waals surface area contributed by atoms with Crippen molar-refractivity contribution in [2.45, 2.75) is 37.8 Å². The van der Waals surface area contributed by atoms with Gasteiger partial charge in [-0.15, -0.1) is 0 Å². The van der Waals surface area contributed by atoms with Crippen LogP contribution in [0.1, 0.15) is 37.3 Å². The molecule has 0 amide bonds. The quantitative estimate of drug-likeness (QED) is 0.879. The van der Waals surface area contributed by atoms with Gasteiger partial charge in [0.2, 0.25) is 0 Å². The van der Waals surface area contributed by atoms with Gasteiger partial charge in [-0.1, -0.05) is 36.0 Å². The highest BCUT2D eigenvalue weighted by molar-refractivity contribution is 6.34. The van der Waals surface area contributed by atoms with Crippen LogP contribution in [0.2, 0.25) is 10.0 Å². The zero-order valence-corrected chi connectivity index (χ0v) is 11.1. The minimum absolute atomic E-state index is 0.0627. The summed E-state index contributed by atoms with van der Waals surface area (Å²) in [5, 5.41) is 14.2. The summed E-state index contributed by atoms with van der Waals surface area (Å²) in [6.45, 7) is 0.0627. The second-order valence-electron chi connectivity index (χ2n) is 4.59. The minimum atomic E-state index is -0.0747. The van der Waals surface area contributed by atoms with E-state index >= 15 is 0 Å². The number of hydrogen-bond donors (Lipinski definition) is 2. The van der Waals surface area contributed by atoms with Gasteiger partial charge in [0, 0.05) is 16.1 Å². The van der Waals surface area contributed by atoms with Gasteiger partial charge in [-0.05, 0) is 36.6 Å². The third kappa shape index (κ3) is 3.59. The van der Waals surface area contributed by atoms with Gasteiger partial charge in [-0.2, -0.15) is 0 Å². The third-order valence-corrected chi connectivity index (χ3v) is 3.70. The fourth-order valence-electron chi connectivity index (χ4n) is 2.41. The minimum Gasteiger partial charge on any atom is -0.394 e. The zero-order valence-electron chi connectivity index (χ0n) is 9.63. The van der Waals surface area contributed by atoms with Crippen LogP contribution in [0.3, 0.4) is 0 Å². The van der Waals surface area contributed by atoms with Crippen LogP contribution in [-0.4, -0.2) is 17.8 Å². The highest BCUT2D eigenvalue weighted by Crippen LogP contribution is 2.26. The molecule has 1 aliphatic rings. The SMILES string of the molecule is OCC(NC1CCCC1)c1cc(Cl)cc(Cl)c1. The van der Waals surface area contributed by atoms with Gasteiger partial charge in [0.1, 0.15) is 0 Å². The lowest BCUT2D eigenvalue weighted by atomic mass is 10.1. The Morgan fingerprint density at radius 2 is 1.76 bits per heavy atom. The first-order chi connectivity index (χ1) is 8.19. The standard InChI is InChI=1S/C13H17Cl2NO/c14-10-5-9(6-11(15)7-10)13(8-17)16-12-3-1-2-4-12/h5-7,12-13,16-17H,1-4,8H2. The van der Waals surface area contributed by atoms with Gasteiger partial charge >= 0.3 is 0 Å². The molecule has 1 aromatic rings. The molecule has 0 heterocycles. The van der Waals surface area contributed by atoms with Gasteiger partial charge < -0.3 is 10.4 Å². The van der Waals surface area contributed by atoms with Crippen LogP contribution in [0.5, 0.6) is 0 Å². The Morgan fingerprint density at radius 3 is 2.29 bits per heavy atom. The lowest BCUT2D eigenvalue weighted by molar-refractivity contribution is 0.233. The van der Waals surface area contributed by atoms with Crippen LogP contribution in [0.25, 0.3) is 0 Å². The van der Waals surface area contributed by atoms with Crippen molar-refractivity contribution in [1.29, 1.82) is 0 Å². The molecule has 0 radical (unpaired) electrons. The molecule has 1 aromatic carbocycles. The molecule has 1 atom stereocenters. The lowest BCUT2D eigenvalue weighted by Crippen LogP contribution is -2.32. The van der Waals surface area contributed by atoms with E-state index in [9.17, 15) is 5.11 Å². The normalized spacial score (nSPS) is 18.5. The summed E-state index contributed by atoms with van der Waals surface area (Å²) in [7, 11) is 0. The van der Waals surface area contributed by atoms with Crippen molar-refractivity contribution >= 4 is 23.2 Å². The van der Waals surface area contributed by atoms with Gasteiger partial charge in [-0.25, -0.2) is 0 Å². The maximum atomic E-state index is 9.47. The lowest BCUT2D eigenvalue weighted by Gasteiger charge is -2.21. The summed E-state index contributed by atoms with van der Waals surface area (Å²) in [5.41, 5.74) is 0.955. The smallest absolute Gasteiger partial charge is 0.0626 e. The Hall–Kier alpha value is -0.280. The zero-order chi connectivity index (χ0) is 12.3. The number of aliphatic hydroxyl groups is 1. The highest BCUT2D eigenvalue weighted by Gasteiger charge is 2.20. The van der Waals surface area contributed by atoms with Crippen LogP contribution in [-0.2, 0) is 0 Å². The number of halogens is 2. The number of rotatable bonds is 4. The molecular weight excluding hydrogens is 257 g/mol. The Kier molecular flexibility index (Phi) is 4.69. The third-order valence-electron chi connectivity index (χ3n) is 3.26. The molecular formula is C13H17Cl2NO. The molecule has 17 heavy (non-hydrogen) atoms. The number of benzene rings is 1. The Morgan fingerprint density at radius 1 is 1.18 bits per heavy atom. The molecule has 0 aliphatic heterocycles. The van der Waals surface area contributed by atoms with E-state index in [4.69, 9.17) is 23.2 Å². The first kappa shape index (κ1) is 13.2. The van der Waals surface area contributed by atoms with Crippen molar-refractivity contribution < 1.29 is 5.11 Å². The predicted octanol–water partition coefficient (Wildman–Crippen LogP) is 3.56. The summed E-state index contributed by atoms with van der Waals surface area (Å²) in [6, 6.07) is 5.85. The average molecular weight is 274 g/mol. The van der Waals surface area contributed by atoms with Crippen LogP contribution in [0.15, 0.2) is 18.2 Å². The molecule has 1 aliphatic carbocycles. The van der Waals surface area contributed by atoms with E-state index in [1.54, 1.807) is 6.07 Å². The fraction of sp³-hybridized carbons (Fsp3) is 0.538. The molecule has 2 rings (SSSR count). The van der Waals surface area contributed by atoms with E-state index in [1.165, 1.54) is 25.7 Å². The first-order valence-electron chi connectivity index (χ1n) is 6.02. The highest BCUT2D eigenvalue weighted by atomic mass is 35.5. The second kappa shape index (κ2) is 6.05. The van der Waals surface area contributed by atoms with Crippen LogP contribution >= 0.6 is 23.2 Å². The predicted molar refractivity (Wildman–Crippen MR) is 71.7 cm³/mol. The topological polar surface area (TPSA) is 32.3 Å². The van der Waals surface area contributed by atoms with Gasteiger partial charge in [0.05, 0.1) is 12.6 Å². The van der Waals surface area contributed by atoms with Crippen LogP contribution in [0.4, 0.5) is 0 Å². The largest absolute Gasteiger partial charge is 0.394 e. The Balaban J connectivity index is 2.10. The summed E-state index contributed by atoms with van der Waals surface area (Å²) >= 11 is 11.9. The fourth-order valence-corrected chi connectivity index (χ4v) is 2.95. The van der Waals surface area contributed by atoms with Crippen molar-refractivity contribution in [3.05, 3.63) is 33.8 Å². The van der Waals surface area contributed by atoms with Crippen molar-refractivity contribution in [3.8, 4) is 0 Å². The molecule has 1 unspecified atom stereocenters. The average Bonchev–Trinajstić information content (AvgIpc) is 2.77. The molecule has 94 valence electrons. The maximum Gasteiger partial charge on any atom is 0.0626 e. The van der Waals surface area contributed by atoms with Crippen molar-refractivity contribution in [3.63, 3.8) is 0 Å². The van der Waals surface area contributed by atoms with Gasteiger partial charge in [-0.3, -0.25) is 0 Å². The molecule has 2 nitrogen and oxygen atoms in total. The molecule has 0 spiro atoms. The molecule has 4 heteroatoms. The molecule has 0 bridgehead atoms. The summed E-state index contributed by atoms with van der Waals surface area (Å²) in [4.78, 5) is 0. The van der Waals surface area contributed by atoms with E-state index in [0.29, 0.717) is 16.1 Å². The Bertz CT molecular complexity index is 357. The molecule has 2 N–H and O–H groups in total. The summed E-state index contributed by atoms with van der Waals surface area (Å²) in [5.74, 6) is 0. The van der Waals surface area contributed by atoms with Crippen LogP contribution < -0.4 is 5.32 Å². The summed E-state index contributed by atoms with van der Waals surface area (Å²) in [6.07, 6.45) is 4.91. The molecule has 1 fully saturated rings. The van der Waals surface area contributed by atoms with Gasteiger partial charge in [0.25, 0.3) is 0 Å².